The highest BCUT2D eigenvalue weighted by atomic mass is 32.1. The van der Waals surface area contributed by atoms with E-state index < -0.39 is 0 Å². The Bertz CT molecular complexity index is 6970. The number of fused-ring (bicyclic) bond motifs is 6. The zero-order valence-corrected chi connectivity index (χ0v) is 62.2. The summed E-state index contributed by atoms with van der Waals surface area (Å²) in [6, 6.07) is 117. The van der Waals surface area contributed by atoms with E-state index in [1.54, 1.807) is 22.7 Å². The Labute approximate surface area is 663 Å². The van der Waals surface area contributed by atoms with Crippen molar-refractivity contribution in [2.24, 2.45) is 0 Å². The maximum absolute atomic E-state index is 7.43. The van der Waals surface area contributed by atoms with Crippen LogP contribution in [-0.2, 0) is 0 Å². The Balaban J connectivity index is 0.000000153. The molecule has 20 rings (SSSR count). The van der Waals surface area contributed by atoms with E-state index in [4.69, 9.17) is 73.0 Å². The molecule has 0 bridgehead atoms. The van der Waals surface area contributed by atoms with Crippen LogP contribution in [0.15, 0.2) is 352 Å². The maximum atomic E-state index is 7.43. The third-order valence-corrected chi connectivity index (χ3v) is 22.1. The molecule has 16 heteroatoms. The first-order valence-corrected chi connectivity index (χ1v) is 38.4. The molecule has 0 spiro atoms. The monoisotopic (exact) mass is 1490 g/mol. The molecule has 0 unspecified atom stereocenters. The van der Waals surface area contributed by atoms with Crippen LogP contribution < -0.4 is 0 Å². The van der Waals surface area contributed by atoms with E-state index >= 15 is 0 Å². The van der Waals surface area contributed by atoms with Crippen molar-refractivity contribution in [2.45, 2.75) is 0 Å². The molecule has 6 aromatic heterocycles. The molecule has 0 saturated heterocycles. The van der Waals surface area contributed by atoms with Crippen LogP contribution >= 0.6 is 22.7 Å². The lowest BCUT2D eigenvalue weighted by molar-refractivity contribution is 1.08. The molecule has 0 amide bonds. The smallest absolute Gasteiger partial charge is 0.187 e. The van der Waals surface area contributed by atoms with Crippen LogP contribution in [0.2, 0.25) is 0 Å². The fraction of sp³-hybridized carbons (Fsp3) is 0. The lowest BCUT2D eigenvalue weighted by Gasteiger charge is -2.10. The summed E-state index contributed by atoms with van der Waals surface area (Å²) in [5, 5.41) is 4.28. The average molecular weight is 1500 g/mol. The molecule has 0 atom stereocenters. The van der Waals surface area contributed by atoms with Crippen LogP contribution in [0, 0.1) is 13.1 Å². The van der Waals surface area contributed by atoms with Crippen molar-refractivity contribution in [3.8, 4) is 159 Å². The summed E-state index contributed by atoms with van der Waals surface area (Å²) in [5.74, 6) is 7.22. The molecular weight excluding hydrogens is 1440 g/mol. The molecule has 0 fully saturated rings. The van der Waals surface area contributed by atoms with Crippen molar-refractivity contribution in [1.82, 2.24) is 59.8 Å². The fourth-order valence-electron chi connectivity index (χ4n) is 14.1. The van der Waals surface area contributed by atoms with Gasteiger partial charge in [0.05, 0.1) is 13.1 Å². The molecule has 532 valence electrons. The number of rotatable bonds is 14. The largest absolute Gasteiger partial charge is 0.238 e. The predicted octanol–water partition coefficient (Wildman–Crippen LogP) is 25.3. The molecular formula is C98H58N14S2. The Morgan fingerprint density at radius 3 is 0.737 bits per heavy atom. The van der Waals surface area contributed by atoms with Gasteiger partial charge in [-0.3, -0.25) is 0 Å². The van der Waals surface area contributed by atoms with E-state index in [1.807, 2.05) is 267 Å². The third kappa shape index (κ3) is 13.8. The van der Waals surface area contributed by atoms with E-state index in [0.29, 0.717) is 81.3 Å². The quantitative estimate of drug-likeness (QED) is 0.0948. The van der Waals surface area contributed by atoms with Crippen molar-refractivity contribution < 1.29 is 0 Å². The zero-order valence-electron chi connectivity index (χ0n) is 60.6. The summed E-state index contributed by atoms with van der Waals surface area (Å²) in [5.41, 5.74) is 16.2. The highest BCUT2D eigenvalue weighted by molar-refractivity contribution is 7.27. The Morgan fingerprint density at radius 2 is 0.421 bits per heavy atom. The summed E-state index contributed by atoms with van der Waals surface area (Å²) in [6.45, 7) is 14.7. The molecule has 0 N–H and O–H groups in total. The van der Waals surface area contributed by atoms with Gasteiger partial charge < -0.3 is 0 Å². The summed E-state index contributed by atoms with van der Waals surface area (Å²) in [4.78, 5) is 67.7. The molecule has 114 heavy (non-hydrogen) atoms. The second-order valence-electron chi connectivity index (χ2n) is 26.8. The zero-order chi connectivity index (χ0) is 76.3. The van der Waals surface area contributed by atoms with Crippen molar-refractivity contribution in [3.63, 3.8) is 0 Å². The second kappa shape index (κ2) is 30.5. The molecule has 6 heterocycles. The molecule has 0 aliphatic rings. The number of benzene rings is 14. The predicted molar refractivity (Wildman–Crippen MR) is 461 cm³/mol. The first kappa shape index (κ1) is 69.0. The lowest BCUT2D eigenvalue weighted by atomic mass is 10.0. The minimum Gasteiger partial charge on any atom is -0.238 e. The minimum atomic E-state index is 0.575. The van der Waals surface area contributed by atoms with Gasteiger partial charge in [-0.15, -0.1) is 22.7 Å². The first-order chi connectivity index (χ1) is 56.4. The summed E-state index contributed by atoms with van der Waals surface area (Å²) in [6.07, 6.45) is 0. The van der Waals surface area contributed by atoms with Gasteiger partial charge in [-0.25, -0.2) is 69.5 Å². The van der Waals surface area contributed by atoms with Crippen LogP contribution in [0.5, 0.6) is 0 Å². The van der Waals surface area contributed by atoms with Gasteiger partial charge >= 0.3 is 0 Å². The second-order valence-corrected chi connectivity index (χ2v) is 28.9. The summed E-state index contributed by atoms with van der Waals surface area (Å²) in [7, 11) is 0. The van der Waals surface area contributed by atoms with Gasteiger partial charge in [-0.1, -0.05) is 322 Å². The van der Waals surface area contributed by atoms with E-state index in [0.717, 1.165) is 129 Å². The van der Waals surface area contributed by atoms with E-state index in [-0.39, 0.29) is 0 Å². The maximum Gasteiger partial charge on any atom is 0.187 e. The number of aromatic nitrogens is 12. The molecule has 14 aromatic carbocycles. The molecule has 14 nitrogen and oxygen atoms in total. The number of hydrogen-bond donors (Lipinski definition) is 0. The van der Waals surface area contributed by atoms with Gasteiger partial charge in [-0.05, 0) is 52.6 Å². The Hall–Kier alpha value is -15.5. The van der Waals surface area contributed by atoms with Gasteiger partial charge in [0, 0.05) is 107 Å². The van der Waals surface area contributed by atoms with Gasteiger partial charge in [0.15, 0.2) is 81.3 Å². The topological polar surface area (TPSA) is 163 Å². The van der Waals surface area contributed by atoms with Crippen molar-refractivity contribution in [2.75, 3.05) is 0 Å². The highest BCUT2D eigenvalue weighted by Gasteiger charge is 2.24. The van der Waals surface area contributed by atoms with Gasteiger partial charge in [-0.2, -0.15) is 0 Å². The first-order valence-electron chi connectivity index (χ1n) is 36.8. The van der Waals surface area contributed by atoms with Gasteiger partial charge in [0.25, 0.3) is 0 Å². The normalized spacial score (nSPS) is 11.1. The molecule has 0 saturated carbocycles. The van der Waals surface area contributed by atoms with Gasteiger partial charge in [0.2, 0.25) is 0 Å². The van der Waals surface area contributed by atoms with Crippen molar-refractivity contribution in [1.29, 1.82) is 0 Å². The standard InChI is InChI=1S/2C49H29N7S/c1-50-37-21-11-20-36(30-37)31-26-28-35(29-27-31)47-52-46(34-18-9-4-10-19-34)55-49(56-47)40-24-12-22-38-42-39(23-13-25-41(42)57-43(38)40)48-53-44(32-14-5-2-6-15-32)51-45(54-48)33-16-7-3-8-17-33;1-50-37-29-27-32(28-30-37)31-23-25-36(26-24-31)47-52-46(35-17-9-4-10-18-35)55-49(56-47)40-21-11-19-38-42-39(20-12-22-41(42)57-43(38)40)48-53-44(33-13-5-2-6-14-33)51-45(54-48)34-15-7-3-8-16-34/h2*2-30H. The Morgan fingerprint density at radius 1 is 0.184 bits per heavy atom. The molecule has 0 aliphatic heterocycles. The van der Waals surface area contributed by atoms with E-state index in [1.165, 1.54) is 0 Å². The molecule has 20 aromatic rings. The van der Waals surface area contributed by atoms with Crippen LogP contribution in [0.3, 0.4) is 0 Å². The van der Waals surface area contributed by atoms with Crippen LogP contribution in [-0.4, -0.2) is 59.8 Å². The lowest BCUT2D eigenvalue weighted by Crippen LogP contribution is -2.00. The average Bonchev–Trinajstić information content (AvgIpc) is 1.59. The Kier molecular flexibility index (Phi) is 18.5. The van der Waals surface area contributed by atoms with Gasteiger partial charge in [0.1, 0.15) is 0 Å². The minimum absolute atomic E-state index is 0.575. The highest BCUT2D eigenvalue weighted by Crippen LogP contribution is 2.46. The SMILES string of the molecule is [C-]#[N+]c1ccc(-c2ccc(-c3nc(-c4ccccc4)nc(-c4cccc5c4sc4cccc(-c6nc(-c7ccccc7)nc(-c7ccccc7)n6)c45)n3)cc2)cc1.[C-]#[N+]c1cccc(-c2ccc(-c3nc(-c4ccccc4)nc(-c4cccc5c4sc4cccc(-c6nc(-c7ccccc7)nc(-c7ccccc7)n6)c45)n3)cc2)c1. The summed E-state index contributed by atoms with van der Waals surface area (Å²) >= 11 is 3.41. The summed E-state index contributed by atoms with van der Waals surface area (Å²) < 4.78 is 4.34. The number of thiophene rings is 2. The van der Waals surface area contributed by atoms with E-state index in [9.17, 15) is 0 Å². The number of nitrogens with zero attached hydrogens (tertiary/aromatic N) is 14. The van der Waals surface area contributed by atoms with Crippen molar-refractivity contribution in [3.05, 3.63) is 375 Å². The van der Waals surface area contributed by atoms with Crippen LogP contribution in [0.1, 0.15) is 0 Å². The van der Waals surface area contributed by atoms with Crippen LogP contribution in [0.25, 0.3) is 209 Å². The fourth-order valence-corrected chi connectivity index (χ4v) is 16.5. The van der Waals surface area contributed by atoms with E-state index in [2.05, 4.69) is 94.6 Å². The molecule has 0 aliphatic carbocycles. The van der Waals surface area contributed by atoms with Crippen LogP contribution in [0.4, 0.5) is 11.4 Å². The third-order valence-electron chi connectivity index (χ3n) is 19.7. The molecule has 0 radical (unpaired) electrons. The van der Waals surface area contributed by atoms with Crippen molar-refractivity contribution >= 4 is 74.4 Å². The number of hydrogen-bond acceptors (Lipinski definition) is 14.